The number of rotatable bonds is 4. The molecule has 8 heteroatoms. The minimum atomic E-state index is -0.904. The molecule has 0 bridgehead atoms. The summed E-state index contributed by atoms with van der Waals surface area (Å²) in [4.78, 5) is 18.5. The van der Waals surface area contributed by atoms with Gasteiger partial charge >= 0.3 is 6.03 Å². The van der Waals surface area contributed by atoms with Gasteiger partial charge in [0.15, 0.2) is 5.82 Å². The second-order valence-corrected chi connectivity index (χ2v) is 8.39. The van der Waals surface area contributed by atoms with Gasteiger partial charge in [-0.3, -0.25) is 4.21 Å². The highest BCUT2D eigenvalue weighted by molar-refractivity contribution is 7.85. The summed E-state index contributed by atoms with van der Waals surface area (Å²) in [5, 5.41) is 6.81. The van der Waals surface area contributed by atoms with Crippen LogP contribution in [0.5, 0.6) is 0 Å². The standard InChI is InChI=1S/C15H24N4O3S/c1-11-17-13(22-18-11)12-5-3-8-19(9-12)14(20)16-10-15(23(2)21)6-4-7-15/h12H,3-10H2,1-2H3,(H,16,20)/t12-,23+/m0/s1. The zero-order valence-corrected chi connectivity index (χ0v) is 14.5. The van der Waals surface area contributed by atoms with Crippen molar-refractivity contribution in [1.29, 1.82) is 0 Å². The maximum atomic E-state index is 12.4. The molecule has 1 aromatic heterocycles. The summed E-state index contributed by atoms with van der Waals surface area (Å²) in [7, 11) is -0.904. The van der Waals surface area contributed by atoms with Gasteiger partial charge in [0.05, 0.1) is 10.7 Å². The van der Waals surface area contributed by atoms with Crippen molar-refractivity contribution in [3.63, 3.8) is 0 Å². The van der Waals surface area contributed by atoms with Gasteiger partial charge in [-0.25, -0.2) is 4.79 Å². The van der Waals surface area contributed by atoms with Crippen molar-refractivity contribution in [1.82, 2.24) is 20.4 Å². The Kier molecular flexibility index (Phi) is 4.70. The number of amides is 2. The van der Waals surface area contributed by atoms with Crippen LogP contribution in [0.4, 0.5) is 4.79 Å². The van der Waals surface area contributed by atoms with Crippen LogP contribution in [0.25, 0.3) is 0 Å². The second-order valence-electron chi connectivity index (χ2n) is 6.61. The van der Waals surface area contributed by atoms with Gasteiger partial charge < -0.3 is 14.7 Å². The van der Waals surface area contributed by atoms with Crippen LogP contribution in [0.15, 0.2) is 4.52 Å². The summed E-state index contributed by atoms with van der Waals surface area (Å²) in [6.45, 7) is 3.62. The van der Waals surface area contributed by atoms with Gasteiger partial charge in [-0.05, 0) is 32.6 Å². The third kappa shape index (κ3) is 3.41. The summed E-state index contributed by atoms with van der Waals surface area (Å²) in [6, 6.07) is -0.0809. The zero-order chi connectivity index (χ0) is 16.4. The van der Waals surface area contributed by atoms with E-state index in [1.165, 1.54) is 0 Å². The van der Waals surface area contributed by atoms with Crippen molar-refractivity contribution in [2.45, 2.75) is 49.7 Å². The Hall–Kier alpha value is -1.44. The predicted molar refractivity (Wildman–Crippen MR) is 86.6 cm³/mol. The Morgan fingerprint density at radius 1 is 1.48 bits per heavy atom. The number of nitrogens with one attached hydrogen (secondary N) is 1. The number of urea groups is 1. The molecule has 0 unspecified atom stereocenters. The van der Waals surface area contributed by atoms with E-state index < -0.39 is 10.8 Å². The lowest BCUT2D eigenvalue weighted by atomic mass is 9.84. The number of likely N-dealkylation sites (tertiary alicyclic amines) is 1. The quantitative estimate of drug-likeness (QED) is 0.899. The fourth-order valence-corrected chi connectivity index (χ4v) is 4.47. The molecular weight excluding hydrogens is 316 g/mol. The molecule has 2 heterocycles. The van der Waals surface area contributed by atoms with E-state index in [2.05, 4.69) is 15.5 Å². The second kappa shape index (κ2) is 6.59. The van der Waals surface area contributed by atoms with Crippen LogP contribution >= 0.6 is 0 Å². The van der Waals surface area contributed by atoms with Crippen molar-refractivity contribution >= 4 is 16.8 Å². The van der Waals surface area contributed by atoms with E-state index in [0.717, 1.165) is 38.6 Å². The Labute approximate surface area is 138 Å². The molecule has 1 aliphatic carbocycles. The molecule has 7 nitrogen and oxygen atoms in total. The van der Waals surface area contributed by atoms with E-state index in [0.29, 0.717) is 24.8 Å². The summed E-state index contributed by atoms with van der Waals surface area (Å²) in [5.41, 5.74) is 0. The number of piperidine rings is 1. The van der Waals surface area contributed by atoms with Crippen molar-refractivity contribution in [3.05, 3.63) is 11.7 Å². The van der Waals surface area contributed by atoms with E-state index in [-0.39, 0.29) is 16.7 Å². The van der Waals surface area contributed by atoms with E-state index in [1.54, 1.807) is 18.1 Å². The van der Waals surface area contributed by atoms with E-state index in [9.17, 15) is 9.00 Å². The van der Waals surface area contributed by atoms with Crippen molar-refractivity contribution in [2.75, 3.05) is 25.9 Å². The number of hydrogen-bond acceptors (Lipinski definition) is 5. The number of aryl methyl sites for hydroxylation is 1. The Morgan fingerprint density at radius 3 is 2.83 bits per heavy atom. The summed E-state index contributed by atoms with van der Waals surface area (Å²) in [5.74, 6) is 1.35. The average Bonchev–Trinajstić information content (AvgIpc) is 2.92. The van der Waals surface area contributed by atoms with Gasteiger partial charge in [0.2, 0.25) is 5.89 Å². The number of hydrogen-bond donors (Lipinski definition) is 1. The molecule has 1 saturated heterocycles. The van der Waals surface area contributed by atoms with Crippen molar-refractivity contribution in [3.8, 4) is 0 Å². The third-order valence-electron chi connectivity index (χ3n) is 5.04. The Balaban J connectivity index is 1.56. The van der Waals surface area contributed by atoms with Crippen LogP contribution < -0.4 is 5.32 Å². The monoisotopic (exact) mass is 340 g/mol. The highest BCUT2D eigenvalue weighted by Crippen LogP contribution is 2.36. The maximum Gasteiger partial charge on any atom is 0.317 e. The smallest absolute Gasteiger partial charge is 0.317 e. The van der Waals surface area contributed by atoms with Gasteiger partial charge in [0.25, 0.3) is 0 Å². The van der Waals surface area contributed by atoms with Crippen molar-refractivity contribution < 1.29 is 13.5 Å². The molecule has 0 spiro atoms. The molecule has 0 aromatic carbocycles. The van der Waals surface area contributed by atoms with Crippen LogP contribution in [-0.2, 0) is 10.8 Å². The number of carbonyl (C=O) groups is 1. The predicted octanol–water partition coefficient (Wildman–Crippen LogP) is 1.57. The fraction of sp³-hybridized carbons (Fsp3) is 0.800. The van der Waals surface area contributed by atoms with E-state index in [4.69, 9.17) is 4.52 Å². The highest BCUT2D eigenvalue weighted by Gasteiger charge is 2.41. The summed E-state index contributed by atoms with van der Waals surface area (Å²) in [6.07, 6.45) is 6.57. The molecule has 3 rings (SSSR count). The lowest BCUT2D eigenvalue weighted by Crippen LogP contribution is -2.54. The Bertz CT molecular complexity index is 599. The number of carbonyl (C=O) groups excluding carboxylic acids is 1. The van der Waals surface area contributed by atoms with Gasteiger partial charge in [-0.2, -0.15) is 4.98 Å². The minimum Gasteiger partial charge on any atom is -0.339 e. The molecular formula is C15H24N4O3S. The first kappa shape index (κ1) is 16.4. The molecule has 1 saturated carbocycles. The first-order valence-electron chi connectivity index (χ1n) is 8.17. The summed E-state index contributed by atoms with van der Waals surface area (Å²) >= 11 is 0. The third-order valence-corrected chi connectivity index (χ3v) is 6.81. The highest BCUT2D eigenvalue weighted by atomic mass is 32.2. The molecule has 1 aliphatic heterocycles. The molecule has 0 radical (unpaired) electrons. The van der Waals surface area contributed by atoms with Crippen LogP contribution in [0.1, 0.15) is 49.7 Å². The van der Waals surface area contributed by atoms with E-state index in [1.807, 2.05) is 0 Å². The van der Waals surface area contributed by atoms with E-state index >= 15 is 0 Å². The first-order valence-corrected chi connectivity index (χ1v) is 9.72. The average molecular weight is 340 g/mol. The molecule has 2 amide bonds. The number of aromatic nitrogens is 2. The molecule has 23 heavy (non-hydrogen) atoms. The van der Waals surface area contributed by atoms with Crippen LogP contribution in [-0.4, -0.2) is 55.9 Å². The lowest BCUT2D eigenvalue weighted by Gasteiger charge is -2.40. The summed E-state index contributed by atoms with van der Waals surface area (Å²) < 4.78 is 16.9. The van der Waals surface area contributed by atoms with Crippen LogP contribution in [0, 0.1) is 6.92 Å². The molecule has 128 valence electrons. The number of nitrogens with zero attached hydrogens (tertiary/aromatic N) is 3. The molecule has 2 aliphatic rings. The van der Waals surface area contributed by atoms with Gasteiger partial charge in [-0.15, -0.1) is 0 Å². The first-order chi connectivity index (χ1) is 11.0. The SMILES string of the molecule is Cc1noc([C@H]2CCCN(C(=O)NCC3([S@@](C)=O)CCC3)C2)n1. The zero-order valence-electron chi connectivity index (χ0n) is 13.7. The minimum absolute atomic E-state index is 0.0809. The Morgan fingerprint density at radius 2 is 2.26 bits per heavy atom. The van der Waals surface area contributed by atoms with Crippen LogP contribution in [0.3, 0.4) is 0 Å². The molecule has 2 fully saturated rings. The largest absolute Gasteiger partial charge is 0.339 e. The molecule has 2 atom stereocenters. The normalized spacial score (nSPS) is 24.8. The van der Waals surface area contributed by atoms with Crippen LogP contribution in [0.2, 0.25) is 0 Å². The van der Waals surface area contributed by atoms with Gasteiger partial charge in [0, 0.05) is 36.7 Å². The maximum absolute atomic E-state index is 12.4. The fourth-order valence-electron chi connectivity index (χ4n) is 3.33. The molecule has 1 N–H and O–H groups in total. The van der Waals surface area contributed by atoms with Gasteiger partial charge in [0.1, 0.15) is 0 Å². The topological polar surface area (TPSA) is 88.3 Å². The molecule has 1 aromatic rings. The van der Waals surface area contributed by atoms with Gasteiger partial charge in [-0.1, -0.05) is 11.6 Å². The van der Waals surface area contributed by atoms with Crippen molar-refractivity contribution in [2.24, 2.45) is 0 Å². The lowest BCUT2D eigenvalue weighted by molar-refractivity contribution is 0.169.